The molecule has 0 fully saturated rings. The third-order valence-corrected chi connectivity index (χ3v) is 3.87. The smallest absolute Gasteiger partial charge is 0.188 e. The quantitative estimate of drug-likeness (QED) is 0.691. The molecule has 0 aliphatic carbocycles. The van der Waals surface area contributed by atoms with Gasteiger partial charge in [-0.1, -0.05) is 18.2 Å². The molecule has 0 N–H and O–H groups in total. The van der Waals surface area contributed by atoms with Crippen LogP contribution in [-0.4, -0.2) is 20.5 Å². The van der Waals surface area contributed by atoms with E-state index >= 15 is 0 Å². The average Bonchev–Trinajstić information content (AvgIpc) is 3.09. The number of rotatable bonds is 4. The zero-order valence-electron chi connectivity index (χ0n) is 11.0. The molecule has 0 aliphatic heterocycles. The van der Waals surface area contributed by atoms with Gasteiger partial charge in [0.25, 0.3) is 0 Å². The number of carbonyl (C=O) groups is 1. The summed E-state index contributed by atoms with van der Waals surface area (Å²) in [5, 5.41) is 7.03. The van der Waals surface area contributed by atoms with Crippen LogP contribution in [0.3, 0.4) is 0 Å². The van der Waals surface area contributed by atoms with Gasteiger partial charge in [0.2, 0.25) is 0 Å². The van der Waals surface area contributed by atoms with Crippen molar-refractivity contribution in [2.24, 2.45) is 0 Å². The molecule has 3 aromatic rings. The van der Waals surface area contributed by atoms with Crippen molar-refractivity contribution in [3.8, 4) is 5.69 Å². The van der Waals surface area contributed by atoms with Gasteiger partial charge in [-0.2, -0.15) is 5.10 Å². The highest BCUT2D eigenvalue weighted by Crippen LogP contribution is 2.15. The van der Waals surface area contributed by atoms with E-state index in [2.05, 4.69) is 10.1 Å². The fraction of sp³-hybridized carbons (Fsp3) is 0.133. The maximum Gasteiger partial charge on any atom is 0.188 e. The second-order valence-electron chi connectivity index (χ2n) is 4.45. The van der Waals surface area contributed by atoms with Crippen molar-refractivity contribution >= 4 is 17.1 Å². The number of para-hydroxylation sites is 1. The summed E-state index contributed by atoms with van der Waals surface area (Å²) in [7, 11) is 0. The van der Waals surface area contributed by atoms with Crippen molar-refractivity contribution < 1.29 is 4.79 Å². The first-order valence-corrected chi connectivity index (χ1v) is 7.15. The fourth-order valence-corrected chi connectivity index (χ4v) is 2.77. The lowest BCUT2D eigenvalue weighted by atomic mass is 10.2. The third-order valence-electron chi connectivity index (χ3n) is 2.91. The molecule has 20 heavy (non-hydrogen) atoms. The van der Waals surface area contributed by atoms with Gasteiger partial charge in [-0.25, -0.2) is 9.67 Å². The van der Waals surface area contributed by atoms with Crippen molar-refractivity contribution in [3.63, 3.8) is 0 Å². The van der Waals surface area contributed by atoms with Gasteiger partial charge in [-0.05, 0) is 25.1 Å². The number of benzene rings is 1. The highest BCUT2D eigenvalue weighted by molar-refractivity contribution is 7.09. The molecule has 0 spiro atoms. The Hall–Kier alpha value is -2.27. The molecule has 5 heteroatoms. The molecule has 0 aliphatic rings. The van der Waals surface area contributed by atoms with Crippen LogP contribution in [0.1, 0.15) is 21.2 Å². The molecule has 0 bridgehead atoms. The monoisotopic (exact) mass is 283 g/mol. The van der Waals surface area contributed by atoms with Gasteiger partial charge in [0, 0.05) is 11.1 Å². The van der Waals surface area contributed by atoms with E-state index < -0.39 is 0 Å². The lowest BCUT2D eigenvalue weighted by Crippen LogP contribution is -2.11. The Labute approximate surface area is 120 Å². The van der Waals surface area contributed by atoms with E-state index in [0.29, 0.717) is 12.1 Å². The Bertz CT molecular complexity index is 730. The van der Waals surface area contributed by atoms with Gasteiger partial charge in [0.1, 0.15) is 10.7 Å². The first kappa shape index (κ1) is 12.7. The van der Waals surface area contributed by atoms with Crippen molar-refractivity contribution in [1.82, 2.24) is 14.8 Å². The Morgan fingerprint density at radius 1 is 1.25 bits per heavy atom. The van der Waals surface area contributed by atoms with Crippen molar-refractivity contribution in [2.45, 2.75) is 13.3 Å². The Morgan fingerprint density at radius 2 is 2.05 bits per heavy atom. The largest absolute Gasteiger partial charge is 0.292 e. The molecule has 1 aromatic carbocycles. The van der Waals surface area contributed by atoms with Crippen molar-refractivity contribution in [3.05, 3.63) is 64.4 Å². The molecule has 100 valence electrons. The summed E-state index contributed by atoms with van der Waals surface area (Å²) in [5.74, 6) is 0.0284. The second kappa shape index (κ2) is 5.38. The SMILES string of the molecule is Cc1csc(CC(=O)c2ccnn2-c2ccccc2)n1. The van der Waals surface area contributed by atoms with Crippen molar-refractivity contribution in [1.29, 1.82) is 0 Å². The lowest BCUT2D eigenvalue weighted by molar-refractivity contribution is 0.0985. The van der Waals surface area contributed by atoms with Crippen LogP contribution in [0.15, 0.2) is 48.0 Å². The minimum atomic E-state index is 0.0284. The molecule has 0 radical (unpaired) electrons. The topological polar surface area (TPSA) is 47.8 Å². The molecule has 2 heterocycles. The third kappa shape index (κ3) is 2.53. The second-order valence-corrected chi connectivity index (χ2v) is 5.39. The molecule has 0 unspecified atom stereocenters. The maximum absolute atomic E-state index is 12.4. The molecular weight excluding hydrogens is 270 g/mol. The predicted octanol–water partition coefficient (Wildman–Crippen LogP) is 3.06. The summed E-state index contributed by atoms with van der Waals surface area (Å²) in [6, 6.07) is 11.4. The molecule has 3 rings (SSSR count). The Kier molecular flexibility index (Phi) is 3.43. The summed E-state index contributed by atoms with van der Waals surface area (Å²) in [6.07, 6.45) is 1.96. The van der Waals surface area contributed by atoms with E-state index in [0.717, 1.165) is 16.4 Å². The summed E-state index contributed by atoms with van der Waals surface area (Å²) in [5.41, 5.74) is 2.43. The Morgan fingerprint density at radius 3 is 2.75 bits per heavy atom. The van der Waals surface area contributed by atoms with Gasteiger partial charge in [0.05, 0.1) is 18.3 Å². The van der Waals surface area contributed by atoms with Crippen LogP contribution in [0.25, 0.3) is 5.69 Å². The fourth-order valence-electron chi connectivity index (χ4n) is 2.00. The summed E-state index contributed by atoms with van der Waals surface area (Å²) in [6.45, 7) is 1.93. The van der Waals surface area contributed by atoms with Crippen LogP contribution >= 0.6 is 11.3 Å². The predicted molar refractivity (Wildman–Crippen MR) is 78.4 cm³/mol. The standard InChI is InChI=1S/C15H13N3OS/c1-11-10-20-15(17-11)9-14(19)13-7-8-16-18(13)12-5-3-2-4-6-12/h2-8,10H,9H2,1H3. The first-order chi connectivity index (χ1) is 9.74. The number of aromatic nitrogens is 3. The van der Waals surface area contributed by atoms with E-state index in [1.165, 1.54) is 11.3 Å². The number of carbonyl (C=O) groups excluding carboxylic acids is 1. The van der Waals surface area contributed by atoms with E-state index in [4.69, 9.17) is 0 Å². The van der Waals surface area contributed by atoms with E-state index in [1.54, 1.807) is 16.9 Å². The van der Waals surface area contributed by atoms with E-state index in [9.17, 15) is 4.79 Å². The molecule has 2 aromatic heterocycles. The average molecular weight is 283 g/mol. The number of Topliss-reactive ketones (excluding diaryl/α,β-unsaturated/α-hetero) is 1. The number of thiazole rings is 1. The van der Waals surface area contributed by atoms with Crippen LogP contribution in [0.2, 0.25) is 0 Å². The van der Waals surface area contributed by atoms with E-state index in [-0.39, 0.29) is 5.78 Å². The van der Waals surface area contributed by atoms with Gasteiger partial charge in [-0.15, -0.1) is 11.3 Å². The summed E-state index contributed by atoms with van der Waals surface area (Å²) < 4.78 is 1.67. The minimum absolute atomic E-state index is 0.0284. The van der Waals surface area contributed by atoms with Gasteiger partial charge >= 0.3 is 0 Å². The normalized spacial score (nSPS) is 10.7. The van der Waals surface area contributed by atoms with Crippen LogP contribution in [0, 0.1) is 6.92 Å². The van der Waals surface area contributed by atoms with Gasteiger partial charge in [-0.3, -0.25) is 4.79 Å². The molecular formula is C15H13N3OS. The lowest BCUT2D eigenvalue weighted by Gasteiger charge is -2.05. The van der Waals surface area contributed by atoms with Crippen LogP contribution in [-0.2, 0) is 6.42 Å². The minimum Gasteiger partial charge on any atom is -0.292 e. The molecule has 4 nitrogen and oxygen atoms in total. The van der Waals surface area contributed by atoms with E-state index in [1.807, 2.05) is 42.6 Å². The summed E-state index contributed by atoms with van der Waals surface area (Å²) >= 11 is 1.52. The number of hydrogen-bond donors (Lipinski definition) is 0. The number of hydrogen-bond acceptors (Lipinski definition) is 4. The van der Waals surface area contributed by atoms with Gasteiger partial charge < -0.3 is 0 Å². The number of ketones is 1. The first-order valence-electron chi connectivity index (χ1n) is 6.28. The van der Waals surface area contributed by atoms with Crippen LogP contribution < -0.4 is 0 Å². The van der Waals surface area contributed by atoms with Gasteiger partial charge in [0.15, 0.2) is 5.78 Å². The number of aryl methyl sites for hydroxylation is 1. The molecule has 0 atom stereocenters. The summed E-state index contributed by atoms with van der Waals surface area (Å²) in [4.78, 5) is 16.7. The van der Waals surface area contributed by atoms with Crippen molar-refractivity contribution in [2.75, 3.05) is 0 Å². The van der Waals surface area contributed by atoms with Crippen LogP contribution in [0.5, 0.6) is 0 Å². The highest BCUT2D eigenvalue weighted by atomic mass is 32.1. The highest BCUT2D eigenvalue weighted by Gasteiger charge is 2.15. The molecule has 0 saturated carbocycles. The molecule has 0 amide bonds. The molecule has 0 saturated heterocycles. The maximum atomic E-state index is 12.4. The zero-order chi connectivity index (χ0) is 13.9. The number of nitrogens with zero attached hydrogens (tertiary/aromatic N) is 3. The zero-order valence-corrected chi connectivity index (χ0v) is 11.8. The van der Waals surface area contributed by atoms with Crippen LogP contribution in [0.4, 0.5) is 0 Å². The Balaban J connectivity index is 1.88.